The van der Waals surface area contributed by atoms with Crippen molar-refractivity contribution in [3.63, 3.8) is 0 Å². The number of esters is 6. The molecule has 1 aliphatic heterocycles. The van der Waals surface area contributed by atoms with Crippen molar-refractivity contribution in [2.24, 2.45) is 33.0 Å². The van der Waals surface area contributed by atoms with E-state index in [1.54, 1.807) is 27.7 Å². The van der Waals surface area contributed by atoms with Crippen LogP contribution < -0.4 is 14.7 Å². The quantitative estimate of drug-likeness (QED) is 0.0199. The summed E-state index contributed by atoms with van der Waals surface area (Å²) < 4.78 is 38.8. The summed E-state index contributed by atoms with van der Waals surface area (Å²) >= 11 is 3.94. The fraction of sp³-hybridized carbons (Fsp3) is 0.780. The second-order valence-corrected chi connectivity index (χ2v) is 23.9. The summed E-state index contributed by atoms with van der Waals surface area (Å²) in [6, 6.07) is 0. The van der Waals surface area contributed by atoms with Crippen LogP contribution >= 0.6 is 12.6 Å². The third kappa shape index (κ3) is 33.8. The topological polar surface area (TPSA) is 296 Å². The summed E-state index contributed by atoms with van der Waals surface area (Å²) in [6.07, 6.45) is 3.25. The molecule has 0 N–H and O–H groups in total. The Balaban J connectivity index is -0.00000101. The highest BCUT2D eigenvalue weighted by molar-refractivity contribution is 7.80. The molecule has 2 amide bonds. The van der Waals surface area contributed by atoms with Crippen LogP contribution in [0, 0.1) is 33.0 Å². The number of rotatable bonds is 29. The molecule has 1 unspecified atom stereocenters. The highest BCUT2D eigenvalue weighted by atomic mass is 32.1. The molecule has 1 aromatic rings. The van der Waals surface area contributed by atoms with Crippen molar-refractivity contribution in [1.29, 1.82) is 0 Å². The number of anilines is 3. The fourth-order valence-electron chi connectivity index (χ4n) is 5.34. The first-order valence-corrected chi connectivity index (χ1v) is 29.2. The maximum Gasteiger partial charge on any atom is 0.508 e. The number of likely N-dealkylation sites (N-methyl/N-ethyl adjacent to an activating group) is 1. The Kier molecular flexibility index (Phi) is 39.9. The number of ether oxygens (including phenoxy) is 8. The molecular weight excluding hydrogens is 1130 g/mol. The van der Waals surface area contributed by atoms with Gasteiger partial charge in [-0.15, -0.1) is 0 Å². The van der Waals surface area contributed by atoms with Gasteiger partial charge in [-0.1, -0.05) is 34.6 Å². The summed E-state index contributed by atoms with van der Waals surface area (Å²) in [5.41, 5.74) is -2.31. The Labute approximate surface area is 511 Å². The minimum atomic E-state index is -0.777. The molecule has 0 saturated carbocycles. The fourth-order valence-corrected chi connectivity index (χ4v) is 5.43. The molecule has 0 aromatic carbocycles. The number of Topliss-reactive ketones (excluding diaryl/α,β-unsaturated/α-hetero) is 1. The van der Waals surface area contributed by atoms with Gasteiger partial charge in [0, 0.05) is 54.5 Å². The van der Waals surface area contributed by atoms with E-state index < -0.39 is 33.8 Å². The predicted octanol–water partition coefficient (Wildman–Crippen LogP) is 7.91. The first kappa shape index (κ1) is 82.9. The van der Waals surface area contributed by atoms with Gasteiger partial charge in [0.05, 0.1) is 53.3 Å². The number of methoxy groups -OCH3 is 1. The Bertz CT molecular complexity index is 2250. The van der Waals surface area contributed by atoms with Gasteiger partial charge < -0.3 is 52.6 Å². The maximum absolute atomic E-state index is 12.0. The summed E-state index contributed by atoms with van der Waals surface area (Å²) in [6.45, 7) is 30.8. The number of hydrogen-bond donors (Lipinski definition) is 1. The van der Waals surface area contributed by atoms with Gasteiger partial charge in [0.15, 0.2) is 0 Å². The molecule has 1 atom stereocenters. The number of hydrogen-bond acceptors (Lipinski definition) is 25. The number of aromatic nitrogens is 3. The minimum absolute atomic E-state index is 0.0121. The minimum Gasteiger partial charge on any atom is -0.465 e. The lowest BCUT2D eigenvalue weighted by atomic mass is 9.91. The van der Waals surface area contributed by atoms with E-state index in [-0.39, 0.29) is 105 Å². The zero-order valence-electron chi connectivity index (χ0n) is 55.5. The molecule has 1 aromatic heterocycles. The van der Waals surface area contributed by atoms with Crippen molar-refractivity contribution >= 4 is 90.0 Å². The Morgan fingerprint density at radius 1 is 0.518 bits per heavy atom. The van der Waals surface area contributed by atoms with E-state index in [0.717, 1.165) is 17.7 Å². The molecule has 2 rings (SSSR count). The smallest absolute Gasteiger partial charge is 0.465 e. The average Bonchev–Trinajstić information content (AvgIpc) is 3.96. The van der Waals surface area contributed by atoms with Crippen LogP contribution in [0.3, 0.4) is 0 Å². The van der Waals surface area contributed by atoms with E-state index in [2.05, 4.69) is 37.1 Å². The first-order valence-electron chi connectivity index (χ1n) is 28.6. The van der Waals surface area contributed by atoms with Gasteiger partial charge >= 0.3 is 42.0 Å². The van der Waals surface area contributed by atoms with E-state index >= 15 is 0 Å². The van der Waals surface area contributed by atoms with Crippen molar-refractivity contribution in [3.8, 4) is 0 Å². The van der Waals surface area contributed by atoms with Crippen molar-refractivity contribution < 1.29 is 85.8 Å². The van der Waals surface area contributed by atoms with Crippen LogP contribution in [0.2, 0.25) is 0 Å². The molecule has 1 aliphatic rings. The largest absolute Gasteiger partial charge is 0.508 e. The molecule has 0 aliphatic carbocycles. The van der Waals surface area contributed by atoms with Gasteiger partial charge in [-0.25, -0.2) is 4.79 Å². The molecular formula is C59H105N7O18S. The number of ketones is 1. The Hall–Kier alpha value is -6.34. The summed E-state index contributed by atoms with van der Waals surface area (Å²) in [5, 5.41) is 0. The third-order valence-electron chi connectivity index (χ3n) is 13.8. The van der Waals surface area contributed by atoms with Crippen LogP contribution in [0.25, 0.3) is 0 Å². The second-order valence-electron chi connectivity index (χ2n) is 23.4. The van der Waals surface area contributed by atoms with Crippen LogP contribution in [0.5, 0.6) is 0 Å². The lowest BCUT2D eigenvalue weighted by Crippen LogP contribution is -2.31. The second kappa shape index (κ2) is 40.9. The maximum atomic E-state index is 12.0. The number of thiol groups is 1. The van der Waals surface area contributed by atoms with Gasteiger partial charge in [0.1, 0.15) is 51.8 Å². The molecule has 0 spiro atoms. The molecule has 0 radical (unpaired) electrons. The van der Waals surface area contributed by atoms with Gasteiger partial charge in [-0.2, -0.15) is 27.6 Å². The van der Waals surface area contributed by atoms with Gasteiger partial charge in [-0.05, 0) is 115 Å². The van der Waals surface area contributed by atoms with Crippen LogP contribution in [0.4, 0.5) is 22.6 Å². The molecule has 0 bridgehead atoms. The summed E-state index contributed by atoms with van der Waals surface area (Å²) in [7, 11) is 12.1. The van der Waals surface area contributed by atoms with E-state index in [9.17, 15) is 47.9 Å². The number of carbonyl (C=O) groups excluding carboxylic acids is 10. The normalized spacial score (nSPS) is 13.0. The Morgan fingerprint density at radius 2 is 0.847 bits per heavy atom. The number of carbonyl (C=O) groups is 10. The molecule has 85 heavy (non-hydrogen) atoms. The molecule has 1 fully saturated rings. The number of likely N-dealkylation sites (tertiary alicyclic amines) is 1. The number of amides is 2. The lowest BCUT2D eigenvalue weighted by Gasteiger charge is -2.23. The molecule has 1 saturated heterocycles. The Morgan fingerprint density at radius 3 is 1.16 bits per heavy atom. The summed E-state index contributed by atoms with van der Waals surface area (Å²) in [4.78, 5) is 133. The molecule has 25 nitrogen and oxygen atoms in total. The standard InChI is InChI=1S/C16H30N6O2.C13H21NO4.C12H20O5.C10H18O5.C8H16O2S/c1-9-16(2,3)12(23)24-11-10-22(8)15-18-13(20(4)5)17-14(19-15)21(6)7;1-5-13(2,3)12(17)18-7-6-9-8-10(15)14(4)11(9)16;1-5-12(3,4)11(15)17-7-6-16-10(14)8-9(2)13;1-5-10(2,3)8(11)14-6-7-15-9(12)13-4;1-4-8(2,3)7(9)10-5-6-11/h9-11H2,1-8H3;9H,5-8H2,1-4H3;5-8H2,1-4H3;5-7H2,1-4H3;11H,4-6H2,1-3H3. The van der Waals surface area contributed by atoms with Crippen molar-refractivity contribution in [2.75, 3.05) is 123 Å². The van der Waals surface area contributed by atoms with E-state index in [4.69, 9.17) is 28.4 Å². The molecule has 2 heterocycles. The number of nitrogens with zero attached hydrogens (tertiary/aromatic N) is 7. The average molecular weight is 1230 g/mol. The van der Waals surface area contributed by atoms with E-state index in [1.165, 1.54) is 21.1 Å². The van der Waals surface area contributed by atoms with Gasteiger partial charge in [-0.3, -0.25) is 48.1 Å². The van der Waals surface area contributed by atoms with E-state index in [0.29, 0.717) is 69.0 Å². The summed E-state index contributed by atoms with van der Waals surface area (Å²) in [5.74, 6) is -0.394. The third-order valence-corrected chi connectivity index (χ3v) is 13.9. The highest BCUT2D eigenvalue weighted by Crippen LogP contribution is 2.26. The molecule has 490 valence electrons. The predicted molar refractivity (Wildman–Crippen MR) is 326 cm³/mol. The van der Waals surface area contributed by atoms with Crippen LogP contribution in [-0.4, -0.2) is 187 Å². The van der Waals surface area contributed by atoms with Crippen molar-refractivity contribution in [2.45, 2.75) is 162 Å². The van der Waals surface area contributed by atoms with Crippen LogP contribution in [-0.2, 0) is 81.0 Å². The van der Waals surface area contributed by atoms with Crippen LogP contribution in [0.15, 0.2) is 0 Å². The monoisotopic (exact) mass is 1230 g/mol. The SMILES string of the molecule is CCC(C)(C)C(=O)OCCC1CC(=O)N(C)C1=O.CCC(C)(C)C(=O)OCCN(C)c1nc(N(C)C)nc(N(C)C)n1.CCC(C)(C)C(=O)OCCOC(=O)CC(C)=O.CCC(C)(C)C(=O)OCCOC(=O)OC.CCC(C)(C)C(=O)OCCS. The van der Waals surface area contributed by atoms with Crippen molar-refractivity contribution in [3.05, 3.63) is 0 Å². The lowest BCUT2D eigenvalue weighted by molar-refractivity contribution is -0.159. The van der Waals surface area contributed by atoms with E-state index in [1.807, 2.05) is 126 Å². The molecule has 26 heteroatoms. The number of imide groups is 1. The zero-order chi connectivity index (χ0) is 66.7. The van der Waals surface area contributed by atoms with Crippen molar-refractivity contribution in [1.82, 2.24) is 19.9 Å². The van der Waals surface area contributed by atoms with Gasteiger partial charge in [0.25, 0.3) is 0 Å². The zero-order valence-corrected chi connectivity index (χ0v) is 56.4. The van der Waals surface area contributed by atoms with Gasteiger partial charge in [0.2, 0.25) is 29.7 Å². The first-order chi connectivity index (χ1) is 39.1. The van der Waals surface area contributed by atoms with Crippen LogP contribution in [0.1, 0.15) is 162 Å². The highest BCUT2D eigenvalue weighted by Gasteiger charge is 2.36.